The van der Waals surface area contributed by atoms with Crippen LogP contribution in [0.4, 0.5) is 0 Å². The highest BCUT2D eigenvalue weighted by molar-refractivity contribution is 5.80. The second-order valence-corrected chi connectivity index (χ2v) is 16.7. The molecular formula is C46H89NO9. The fourth-order valence-electron chi connectivity index (χ4n) is 7.57. The van der Waals surface area contributed by atoms with E-state index in [0.29, 0.717) is 6.42 Å². The molecular weight excluding hydrogens is 711 g/mol. The van der Waals surface area contributed by atoms with Crippen LogP contribution in [0, 0.1) is 0 Å². The molecule has 1 amide bonds. The lowest BCUT2D eigenvalue weighted by Crippen LogP contribution is -2.60. The molecule has 1 aliphatic heterocycles. The van der Waals surface area contributed by atoms with Crippen molar-refractivity contribution in [1.82, 2.24) is 5.32 Å². The number of carbonyl (C=O) groups excluding carboxylic acids is 1. The van der Waals surface area contributed by atoms with Gasteiger partial charge in [0.2, 0.25) is 5.91 Å². The number of amides is 1. The summed E-state index contributed by atoms with van der Waals surface area (Å²) in [5.74, 6) is -0.614. The van der Waals surface area contributed by atoms with E-state index in [2.05, 4.69) is 19.2 Å². The zero-order valence-electron chi connectivity index (χ0n) is 36.0. The summed E-state index contributed by atoms with van der Waals surface area (Å²) >= 11 is 0. The first kappa shape index (κ1) is 52.9. The molecule has 1 aliphatic rings. The van der Waals surface area contributed by atoms with Gasteiger partial charge >= 0.3 is 0 Å². The molecule has 0 aromatic carbocycles. The van der Waals surface area contributed by atoms with Crippen LogP contribution >= 0.6 is 0 Å². The third-order valence-electron chi connectivity index (χ3n) is 11.5. The SMILES string of the molecule is CCCCCCCCCCCCCCCC/C=C/C(O)C(COC1OC(CO)C(O)C(O)C1O)NC(=O)C(O)CCCCCCCCCCCCCCCCC. The van der Waals surface area contributed by atoms with E-state index in [1.807, 2.05) is 6.08 Å². The molecule has 332 valence electrons. The minimum atomic E-state index is -1.61. The van der Waals surface area contributed by atoms with E-state index in [9.17, 15) is 35.4 Å². The van der Waals surface area contributed by atoms with E-state index in [-0.39, 0.29) is 6.61 Å². The number of aliphatic hydroxyl groups is 6. The van der Waals surface area contributed by atoms with E-state index in [1.165, 1.54) is 148 Å². The fourth-order valence-corrected chi connectivity index (χ4v) is 7.57. The first-order valence-corrected chi connectivity index (χ1v) is 23.5. The molecule has 8 atom stereocenters. The molecule has 0 aromatic heterocycles. The van der Waals surface area contributed by atoms with E-state index < -0.39 is 61.5 Å². The normalized spacial score (nSPS) is 21.8. The summed E-state index contributed by atoms with van der Waals surface area (Å²) in [4.78, 5) is 13.0. The summed E-state index contributed by atoms with van der Waals surface area (Å²) in [6, 6.07) is -0.974. The van der Waals surface area contributed by atoms with Crippen molar-refractivity contribution in [2.45, 2.75) is 262 Å². The molecule has 7 N–H and O–H groups in total. The molecule has 10 nitrogen and oxygen atoms in total. The zero-order valence-corrected chi connectivity index (χ0v) is 36.0. The third-order valence-corrected chi connectivity index (χ3v) is 11.5. The van der Waals surface area contributed by atoms with Gasteiger partial charge in [0.25, 0.3) is 0 Å². The number of aliphatic hydroxyl groups excluding tert-OH is 6. The fraction of sp³-hybridized carbons (Fsp3) is 0.935. The number of nitrogens with one attached hydrogen (secondary N) is 1. The lowest BCUT2D eigenvalue weighted by molar-refractivity contribution is -0.302. The van der Waals surface area contributed by atoms with Crippen molar-refractivity contribution in [2.75, 3.05) is 13.2 Å². The Morgan fingerprint density at radius 1 is 0.607 bits per heavy atom. The van der Waals surface area contributed by atoms with E-state index in [4.69, 9.17) is 9.47 Å². The number of carbonyl (C=O) groups is 1. The molecule has 0 radical (unpaired) electrons. The molecule has 10 heteroatoms. The van der Waals surface area contributed by atoms with Crippen LogP contribution in [0.3, 0.4) is 0 Å². The minimum Gasteiger partial charge on any atom is -0.394 e. The lowest BCUT2D eigenvalue weighted by Gasteiger charge is -2.40. The molecule has 0 aliphatic carbocycles. The van der Waals surface area contributed by atoms with E-state index >= 15 is 0 Å². The number of unbranched alkanes of at least 4 members (excludes halogenated alkanes) is 28. The van der Waals surface area contributed by atoms with Crippen molar-refractivity contribution in [3.8, 4) is 0 Å². The number of rotatable bonds is 39. The van der Waals surface area contributed by atoms with Crippen LogP contribution in [0.5, 0.6) is 0 Å². The molecule has 0 bridgehead atoms. The Bertz CT molecular complexity index is 906. The van der Waals surface area contributed by atoms with Crippen LogP contribution in [-0.4, -0.2) is 98.7 Å². The molecule has 1 rings (SSSR count). The van der Waals surface area contributed by atoms with E-state index in [0.717, 1.165) is 44.9 Å². The van der Waals surface area contributed by atoms with Gasteiger partial charge in [0, 0.05) is 0 Å². The Morgan fingerprint density at radius 2 is 1.02 bits per heavy atom. The van der Waals surface area contributed by atoms with Gasteiger partial charge in [-0.1, -0.05) is 206 Å². The molecule has 1 saturated heterocycles. The maximum Gasteiger partial charge on any atom is 0.249 e. The van der Waals surface area contributed by atoms with Gasteiger partial charge in [0.05, 0.1) is 25.4 Å². The second-order valence-electron chi connectivity index (χ2n) is 16.7. The summed E-state index contributed by atoms with van der Waals surface area (Å²) < 4.78 is 11.1. The number of hydrogen-bond acceptors (Lipinski definition) is 9. The average molecular weight is 800 g/mol. The van der Waals surface area contributed by atoms with Crippen LogP contribution in [-0.2, 0) is 14.3 Å². The van der Waals surface area contributed by atoms with Crippen molar-refractivity contribution in [1.29, 1.82) is 0 Å². The Kier molecular flexibility index (Phi) is 34.9. The first-order valence-electron chi connectivity index (χ1n) is 23.5. The topological polar surface area (TPSA) is 169 Å². The number of hydrogen-bond donors (Lipinski definition) is 7. The standard InChI is InChI=1S/C46H89NO9/c1-3-5-7-9-11-13-15-17-19-21-22-24-26-28-30-32-34-39(49)38(37-55-46-44(53)43(52)42(51)41(36-48)56-46)47-45(54)40(50)35-33-31-29-27-25-23-20-18-16-14-12-10-8-6-4-2/h32,34,38-44,46,48-53H,3-31,33,35-37H2,1-2H3,(H,47,54)/b34-32+. The smallest absolute Gasteiger partial charge is 0.249 e. The van der Waals surface area contributed by atoms with Gasteiger partial charge in [-0.3, -0.25) is 4.79 Å². The Balaban J connectivity index is 2.41. The molecule has 1 fully saturated rings. The predicted octanol–water partition coefficient (Wildman–Crippen LogP) is 8.70. The lowest BCUT2D eigenvalue weighted by atomic mass is 9.99. The van der Waals surface area contributed by atoms with Crippen LogP contribution in [0.2, 0.25) is 0 Å². The molecule has 0 aromatic rings. The summed E-state index contributed by atoms with van der Waals surface area (Å²) in [5, 5.41) is 64.7. The number of allylic oxidation sites excluding steroid dienone is 1. The molecule has 56 heavy (non-hydrogen) atoms. The predicted molar refractivity (Wildman–Crippen MR) is 227 cm³/mol. The highest BCUT2D eigenvalue weighted by Crippen LogP contribution is 2.23. The van der Waals surface area contributed by atoms with Gasteiger partial charge in [-0.25, -0.2) is 0 Å². The quantitative estimate of drug-likeness (QED) is 0.0238. The van der Waals surface area contributed by atoms with Gasteiger partial charge < -0.3 is 45.4 Å². The Labute approximate surface area is 342 Å². The van der Waals surface area contributed by atoms with Gasteiger partial charge in [-0.05, 0) is 19.3 Å². The monoisotopic (exact) mass is 800 g/mol. The van der Waals surface area contributed by atoms with Crippen molar-refractivity contribution < 1.29 is 44.9 Å². The molecule has 1 heterocycles. The first-order chi connectivity index (χ1) is 27.3. The summed E-state index contributed by atoms with van der Waals surface area (Å²) in [5.41, 5.74) is 0. The summed E-state index contributed by atoms with van der Waals surface area (Å²) in [6.45, 7) is 3.61. The third kappa shape index (κ3) is 26.8. The summed E-state index contributed by atoms with van der Waals surface area (Å²) in [7, 11) is 0. The minimum absolute atomic E-state index is 0.301. The number of ether oxygens (including phenoxy) is 2. The maximum absolute atomic E-state index is 13.0. The van der Waals surface area contributed by atoms with E-state index in [1.54, 1.807) is 6.08 Å². The van der Waals surface area contributed by atoms with Crippen LogP contribution in [0.15, 0.2) is 12.2 Å². The molecule has 0 spiro atoms. The van der Waals surface area contributed by atoms with Gasteiger partial charge in [-0.2, -0.15) is 0 Å². The largest absolute Gasteiger partial charge is 0.394 e. The van der Waals surface area contributed by atoms with Crippen LogP contribution < -0.4 is 5.32 Å². The maximum atomic E-state index is 13.0. The van der Waals surface area contributed by atoms with Crippen molar-refractivity contribution in [3.63, 3.8) is 0 Å². The Morgan fingerprint density at radius 3 is 1.45 bits per heavy atom. The van der Waals surface area contributed by atoms with Crippen LogP contribution in [0.1, 0.15) is 213 Å². The summed E-state index contributed by atoms with van der Waals surface area (Å²) in [6.07, 6.45) is 31.5. The molecule has 0 saturated carbocycles. The van der Waals surface area contributed by atoms with Crippen molar-refractivity contribution in [3.05, 3.63) is 12.2 Å². The molecule has 8 unspecified atom stereocenters. The van der Waals surface area contributed by atoms with Gasteiger partial charge in [-0.15, -0.1) is 0 Å². The average Bonchev–Trinajstić information content (AvgIpc) is 3.20. The zero-order chi connectivity index (χ0) is 41.1. The highest BCUT2D eigenvalue weighted by Gasteiger charge is 2.44. The van der Waals surface area contributed by atoms with Crippen molar-refractivity contribution in [2.24, 2.45) is 0 Å². The van der Waals surface area contributed by atoms with Gasteiger partial charge in [0.1, 0.15) is 30.5 Å². The Hall–Kier alpha value is -1.11. The van der Waals surface area contributed by atoms with Crippen LogP contribution in [0.25, 0.3) is 0 Å². The second kappa shape index (κ2) is 36.9. The highest BCUT2D eigenvalue weighted by atomic mass is 16.7. The van der Waals surface area contributed by atoms with Gasteiger partial charge in [0.15, 0.2) is 6.29 Å². The van der Waals surface area contributed by atoms with Crippen molar-refractivity contribution >= 4 is 5.91 Å².